The second-order valence-corrected chi connectivity index (χ2v) is 6.61. The van der Waals surface area contributed by atoms with Crippen LogP contribution in [0.25, 0.3) is 0 Å². The summed E-state index contributed by atoms with van der Waals surface area (Å²) < 4.78 is 31.9. The molecule has 0 bridgehead atoms. The first-order chi connectivity index (χ1) is 10.1. The predicted molar refractivity (Wildman–Crippen MR) is 77.0 cm³/mol. The molecule has 0 spiro atoms. The summed E-state index contributed by atoms with van der Waals surface area (Å²) >= 11 is 0. The molecule has 2 heterocycles. The van der Waals surface area contributed by atoms with Gasteiger partial charge in [-0.2, -0.15) is 4.31 Å². The third-order valence-corrected chi connectivity index (χ3v) is 5.07. The van der Waals surface area contributed by atoms with Crippen molar-refractivity contribution in [3.63, 3.8) is 0 Å². The first kappa shape index (κ1) is 15.9. The molecule has 0 aromatic carbocycles. The van der Waals surface area contributed by atoms with E-state index in [0.717, 1.165) is 0 Å². The molecular formula is C14H18N2O4S. The molecule has 1 aliphatic heterocycles. The topological polar surface area (TPSA) is 79.7 Å². The lowest BCUT2D eigenvalue weighted by Crippen LogP contribution is -2.46. The van der Waals surface area contributed by atoms with Gasteiger partial charge in [-0.15, -0.1) is 0 Å². The number of rotatable bonds is 3. The van der Waals surface area contributed by atoms with Crippen molar-refractivity contribution in [3.8, 4) is 11.8 Å². The third kappa shape index (κ3) is 3.80. The van der Waals surface area contributed by atoms with Gasteiger partial charge in [-0.3, -0.25) is 4.98 Å². The Hall–Kier alpha value is -1.46. The van der Waals surface area contributed by atoms with E-state index in [1.165, 1.54) is 22.8 Å². The minimum atomic E-state index is -3.59. The van der Waals surface area contributed by atoms with Crippen LogP contribution in [-0.4, -0.2) is 55.2 Å². The van der Waals surface area contributed by atoms with Gasteiger partial charge < -0.3 is 9.84 Å². The van der Waals surface area contributed by atoms with Gasteiger partial charge >= 0.3 is 0 Å². The highest BCUT2D eigenvalue weighted by Crippen LogP contribution is 2.20. The lowest BCUT2D eigenvalue weighted by Gasteiger charge is -2.32. The molecule has 1 fully saturated rings. The number of ether oxygens (including phenoxy) is 1. The molecular weight excluding hydrogens is 292 g/mol. The van der Waals surface area contributed by atoms with Crippen LogP contribution in [0.2, 0.25) is 0 Å². The number of nitrogens with zero attached hydrogens (tertiary/aromatic N) is 2. The van der Waals surface area contributed by atoms with Crippen LogP contribution in [0.15, 0.2) is 23.4 Å². The summed E-state index contributed by atoms with van der Waals surface area (Å²) in [6.07, 6.45) is 3.18. The average Bonchev–Trinajstić information content (AvgIpc) is 2.48. The highest BCUT2D eigenvalue weighted by molar-refractivity contribution is 7.89. The minimum Gasteiger partial charge on any atom is -0.395 e. The van der Waals surface area contributed by atoms with Crippen molar-refractivity contribution >= 4 is 10.0 Å². The molecule has 1 aromatic rings. The Morgan fingerprint density at radius 3 is 3.05 bits per heavy atom. The molecule has 0 aliphatic carbocycles. The third-order valence-electron chi connectivity index (χ3n) is 3.10. The summed E-state index contributed by atoms with van der Waals surface area (Å²) in [5.41, 5.74) is 0.519. The lowest BCUT2D eigenvalue weighted by atomic mass is 10.3. The summed E-state index contributed by atoms with van der Waals surface area (Å²) in [7, 11) is -3.59. The number of aliphatic hydroxyl groups is 1. The van der Waals surface area contributed by atoms with E-state index >= 15 is 0 Å². The second kappa shape index (κ2) is 7.00. The van der Waals surface area contributed by atoms with Crippen molar-refractivity contribution < 1.29 is 18.3 Å². The highest BCUT2D eigenvalue weighted by Gasteiger charge is 2.31. The van der Waals surface area contributed by atoms with Gasteiger partial charge in [0.2, 0.25) is 10.0 Å². The molecule has 21 heavy (non-hydrogen) atoms. The quantitative estimate of drug-likeness (QED) is 0.808. The van der Waals surface area contributed by atoms with Crippen molar-refractivity contribution in [1.82, 2.24) is 9.29 Å². The summed E-state index contributed by atoms with van der Waals surface area (Å²) in [5, 5.41) is 8.69. The Bertz CT molecular complexity index is 648. The number of sulfonamides is 1. The van der Waals surface area contributed by atoms with Crippen LogP contribution >= 0.6 is 0 Å². The minimum absolute atomic E-state index is 0.0241. The van der Waals surface area contributed by atoms with Crippen LogP contribution in [0.5, 0.6) is 0 Å². The average molecular weight is 310 g/mol. The van der Waals surface area contributed by atoms with Crippen molar-refractivity contribution in [2.24, 2.45) is 0 Å². The van der Waals surface area contributed by atoms with Crippen LogP contribution < -0.4 is 0 Å². The first-order valence-electron chi connectivity index (χ1n) is 6.70. The largest absolute Gasteiger partial charge is 0.395 e. The Morgan fingerprint density at radius 2 is 2.33 bits per heavy atom. The predicted octanol–water partition coefficient (Wildman–Crippen LogP) is 0.225. The fourth-order valence-corrected chi connectivity index (χ4v) is 3.64. The molecule has 2 rings (SSSR count). The maximum Gasteiger partial charge on any atom is 0.245 e. The summed E-state index contributed by atoms with van der Waals surface area (Å²) in [5.74, 6) is 5.54. The van der Waals surface area contributed by atoms with E-state index in [0.29, 0.717) is 31.7 Å². The van der Waals surface area contributed by atoms with Crippen molar-refractivity contribution in [2.45, 2.75) is 24.3 Å². The zero-order valence-electron chi connectivity index (χ0n) is 11.8. The van der Waals surface area contributed by atoms with Crippen LogP contribution in [0, 0.1) is 11.8 Å². The monoisotopic (exact) mass is 310 g/mol. The smallest absolute Gasteiger partial charge is 0.245 e. The summed E-state index contributed by atoms with van der Waals surface area (Å²) in [6, 6.07) is 1.31. The molecule has 1 atom stereocenters. The van der Waals surface area contributed by atoms with E-state index in [-0.39, 0.29) is 17.5 Å². The van der Waals surface area contributed by atoms with E-state index in [4.69, 9.17) is 9.84 Å². The summed E-state index contributed by atoms with van der Waals surface area (Å²) in [4.78, 5) is 4.08. The lowest BCUT2D eigenvalue weighted by molar-refractivity contribution is 0.0392. The van der Waals surface area contributed by atoms with E-state index in [1.54, 1.807) is 0 Å². The van der Waals surface area contributed by atoms with Gasteiger partial charge in [0.1, 0.15) is 4.90 Å². The molecule has 7 heteroatoms. The van der Waals surface area contributed by atoms with Crippen LogP contribution in [0.1, 0.15) is 18.9 Å². The molecule has 0 radical (unpaired) electrons. The van der Waals surface area contributed by atoms with Gasteiger partial charge in [0, 0.05) is 37.0 Å². The van der Waals surface area contributed by atoms with Crippen molar-refractivity contribution in [1.29, 1.82) is 0 Å². The van der Waals surface area contributed by atoms with Gasteiger partial charge in [-0.1, -0.05) is 11.8 Å². The van der Waals surface area contributed by atoms with E-state index < -0.39 is 10.0 Å². The molecule has 1 N–H and O–H groups in total. The molecule has 114 valence electrons. The molecule has 0 saturated carbocycles. The Kier molecular flexibility index (Phi) is 5.31. The van der Waals surface area contributed by atoms with Crippen LogP contribution in [0.3, 0.4) is 0 Å². The van der Waals surface area contributed by atoms with E-state index in [9.17, 15) is 8.42 Å². The Labute approximate surface area is 124 Å². The van der Waals surface area contributed by atoms with Crippen molar-refractivity contribution in [2.75, 3.05) is 26.4 Å². The zero-order chi connectivity index (χ0) is 15.3. The number of aromatic nitrogens is 1. The Morgan fingerprint density at radius 1 is 1.52 bits per heavy atom. The van der Waals surface area contributed by atoms with Gasteiger partial charge in [-0.25, -0.2) is 8.42 Å². The van der Waals surface area contributed by atoms with Crippen LogP contribution in [-0.2, 0) is 14.8 Å². The molecule has 1 unspecified atom stereocenters. The fourth-order valence-electron chi connectivity index (χ4n) is 2.05. The molecule has 1 saturated heterocycles. The number of aliphatic hydroxyl groups excluding tert-OH is 1. The normalized spacial score (nSPS) is 19.8. The number of hydrogen-bond acceptors (Lipinski definition) is 5. The Balaban J connectivity index is 2.28. The van der Waals surface area contributed by atoms with Crippen LogP contribution in [0.4, 0.5) is 0 Å². The second-order valence-electron chi connectivity index (χ2n) is 4.72. The van der Waals surface area contributed by atoms with Gasteiger partial charge in [0.25, 0.3) is 0 Å². The standard InChI is InChI=1S/C14H18N2O4S/c1-12-11-20-7-5-16(12)21(18,19)14-8-13(9-15-10-14)4-2-3-6-17/h8-10,12,17H,3,5-7,11H2,1H3. The summed E-state index contributed by atoms with van der Waals surface area (Å²) in [6.45, 7) is 2.92. The maximum atomic E-state index is 12.6. The van der Waals surface area contributed by atoms with E-state index in [1.807, 2.05) is 6.92 Å². The molecule has 1 aromatic heterocycles. The SMILES string of the molecule is CC1COCCN1S(=O)(=O)c1cncc(C#CCCO)c1. The fraction of sp³-hybridized carbons (Fsp3) is 0.500. The van der Waals surface area contributed by atoms with Gasteiger partial charge in [-0.05, 0) is 13.0 Å². The number of morpholine rings is 1. The molecule has 1 aliphatic rings. The molecule has 0 amide bonds. The number of pyridine rings is 1. The highest BCUT2D eigenvalue weighted by atomic mass is 32.2. The first-order valence-corrected chi connectivity index (χ1v) is 8.14. The molecule has 6 nitrogen and oxygen atoms in total. The number of hydrogen-bond donors (Lipinski definition) is 1. The zero-order valence-corrected chi connectivity index (χ0v) is 12.6. The van der Waals surface area contributed by atoms with Gasteiger partial charge in [0.15, 0.2) is 0 Å². The van der Waals surface area contributed by atoms with Gasteiger partial charge in [0.05, 0.1) is 19.8 Å². The maximum absolute atomic E-state index is 12.6. The van der Waals surface area contributed by atoms with Crippen molar-refractivity contribution in [3.05, 3.63) is 24.0 Å². The van der Waals surface area contributed by atoms with E-state index in [2.05, 4.69) is 16.8 Å².